The van der Waals surface area contributed by atoms with Gasteiger partial charge in [-0.2, -0.15) is 0 Å². The molecule has 0 spiro atoms. The number of primary amides is 1. The second-order valence-corrected chi connectivity index (χ2v) is 5.04. The molecule has 1 heterocycles. The van der Waals surface area contributed by atoms with Crippen molar-refractivity contribution in [1.29, 1.82) is 0 Å². The van der Waals surface area contributed by atoms with E-state index in [9.17, 15) is 9.59 Å². The molecule has 0 aliphatic heterocycles. The molecule has 0 aliphatic rings. The molecule has 0 saturated heterocycles. The van der Waals surface area contributed by atoms with Gasteiger partial charge in [0, 0.05) is 10.3 Å². The summed E-state index contributed by atoms with van der Waals surface area (Å²) in [5, 5.41) is 4.29. The van der Waals surface area contributed by atoms with Crippen LogP contribution >= 0.6 is 24.0 Å². The van der Waals surface area contributed by atoms with Gasteiger partial charge in [0.05, 0.1) is 4.88 Å². The minimum absolute atomic E-state index is 0.316. The van der Waals surface area contributed by atoms with Gasteiger partial charge in [-0.3, -0.25) is 9.59 Å². The molecule has 15 heavy (non-hydrogen) atoms. The molecule has 0 fully saturated rings. The maximum absolute atomic E-state index is 11.6. The molecule has 0 aromatic carbocycles. The Labute approximate surface area is 97.3 Å². The summed E-state index contributed by atoms with van der Waals surface area (Å²) in [6.07, 6.45) is 0. The fourth-order valence-electron chi connectivity index (χ4n) is 0.852. The van der Waals surface area contributed by atoms with Crippen molar-refractivity contribution in [2.75, 3.05) is 0 Å². The van der Waals surface area contributed by atoms with Gasteiger partial charge >= 0.3 is 0 Å². The monoisotopic (exact) mass is 244 g/mol. The molecule has 6 heteroatoms. The summed E-state index contributed by atoms with van der Waals surface area (Å²) in [6, 6.07) is 1.64. The van der Waals surface area contributed by atoms with Crippen LogP contribution < -0.4 is 11.1 Å². The second kappa shape index (κ2) is 4.24. The van der Waals surface area contributed by atoms with Gasteiger partial charge in [-0.15, -0.1) is 24.0 Å². The van der Waals surface area contributed by atoms with E-state index in [1.807, 2.05) is 0 Å². The van der Waals surface area contributed by atoms with Crippen LogP contribution in [0, 0.1) is 0 Å². The molecule has 3 N–H and O–H groups in total. The quantitative estimate of drug-likeness (QED) is 0.695. The summed E-state index contributed by atoms with van der Waals surface area (Å²) in [6.45, 7) is 3.12. The van der Waals surface area contributed by atoms with Crippen LogP contribution in [0.2, 0.25) is 0 Å². The van der Waals surface area contributed by atoms with Gasteiger partial charge in [-0.05, 0) is 19.9 Å². The first kappa shape index (κ1) is 12.1. The van der Waals surface area contributed by atoms with Crippen molar-refractivity contribution >= 4 is 35.8 Å². The van der Waals surface area contributed by atoms with E-state index in [0.717, 1.165) is 4.90 Å². The van der Waals surface area contributed by atoms with Crippen molar-refractivity contribution in [3.8, 4) is 0 Å². The lowest BCUT2D eigenvalue weighted by molar-refractivity contribution is -0.122. The first-order valence-electron chi connectivity index (χ1n) is 4.23. The zero-order valence-electron chi connectivity index (χ0n) is 8.40. The highest BCUT2D eigenvalue weighted by Gasteiger charge is 2.27. The minimum atomic E-state index is -1.04. The molecular weight excluding hydrogens is 232 g/mol. The van der Waals surface area contributed by atoms with Crippen LogP contribution in [-0.2, 0) is 4.79 Å². The predicted molar refractivity (Wildman–Crippen MR) is 62.3 cm³/mol. The van der Waals surface area contributed by atoms with Crippen LogP contribution in [0.3, 0.4) is 0 Å². The summed E-state index contributed by atoms with van der Waals surface area (Å²) in [4.78, 5) is 23.9. The zero-order valence-corrected chi connectivity index (χ0v) is 10.1. The van der Waals surface area contributed by atoms with Crippen molar-refractivity contribution in [1.82, 2.24) is 5.32 Å². The Hall–Kier alpha value is -1.01. The number of rotatable bonds is 3. The number of thiol groups is 1. The van der Waals surface area contributed by atoms with Gasteiger partial charge in [-0.25, -0.2) is 0 Å². The predicted octanol–water partition coefficient (Wildman–Crippen LogP) is 1.03. The maximum atomic E-state index is 11.6. The van der Waals surface area contributed by atoms with Crippen LogP contribution in [0.25, 0.3) is 0 Å². The summed E-state index contributed by atoms with van der Waals surface area (Å²) in [5.41, 5.74) is 4.09. The maximum Gasteiger partial charge on any atom is 0.262 e. The van der Waals surface area contributed by atoms with E-state index in [1.165, 1.54) is 11.3 Å². The first-order valence-corrected chi connectivity index (χ1v) is 5.55. The SMILES string of the molecule is CC(C)(NC(=O)c1cc(S)cs1)C(N)=O. The van der Waals surface area contributed by atoms with E-state index in [0.29, 0.717) is 4.88 Å². The number of hydrogen-bond acceptors (Lipinski definition) is 4. The largest absolute Gasteiger partial charge is 0.368 e. The zero-order chi connectivity index (χ0) is 11.6. The molecule has 1 rings (SSSR count). The lowest BCUT2D eigenvalue weighted by Crippen LogP contribution is -2.52. The minimum Gasteiger partial charge on any atom is -0.368 e. The fourth-order valence-corrected chi connectivity index (χ4v) is 1.90. The van der Waals surface area contributed by atoms with Crippen LogP contribution in [0.4, 0.5) is 0 Å². The Balaban J connectivity index is 2.76. The Bertz CT molecular complexity index is 399. The summed E-state index contributed by atoms with van der Waals surface area (Å²) < 4.78 is 0. The smallest absolute Gasteiger partial charge is 0.262 e. The number of nitrogens with one attached hydrogen (secondary N) is 1. The molecule has 0 saturated carbocycles. The number of thiophene rings is 1. The van der Waals surface area contributed by atoms with Crippen LogP contribution in [0.15, 0.2) is 16.3 Å². The van der Waals surface area contributed by atoms with E-state index in [1.54, 1.807) is 25.3 Å². The van der Waals surface area contributed by atoms with E-state index < -0.39 is 11.4 Å². The average molecular weight is 244 g/mol. The summed E-state index contributed by atoms with van der Waals surface area (Å²) in [7, 11) is 0. The van der Waals surface area contributed by atoms with E-state index >= 15 is 0 Å². The number of carbonyl (C=O) groups is 2. The van der Waals surface area contributed by atoms with E-state index in [2.05, 4.69) is 17.9 Å². The third-order valence-electron chi connectivity index (χ3n) is 1.85. The number of carbonyl (C=O) groups excluding carboxylic acids is 2. The summed E-state index contributed by atoms with van der Waals surface area (Å²) >= 11 is 5.36. The third kappa shape index (κ3) is 2.97. The van der Waals surface area contributed by atoms with Crippen molar-refractivity contribution in [3.05, 3.63) is 16.3 Å². The highest BCUT2D eigenvalue weighted by Crippen LogP contribution is 2.18. The number of amides is 2. The second-order valence-electron chi connectivity index (χ2n) is 3.61. The standard InChI is InChI=1S/C9H12N2O2S2/c1-9(2,8(10)13)11-7(12)6-3-5(14)4-15-6/h3-4,14H,1-2H3,(H2,10,13)(H,11,12). The van der Waals surface area contributed by atoms with Gasteiger partial charge in [-0.1, -0.05) is 0 Å². The highest BCUT2D eigenvalue weighted by atomic mass is 32.1. The molecule has 2 amide bonds. The van der Waals surface area contributed by atoms with Crippen LogP contribution in [-0.4, -0.2) is 17.4 Å². The molecule has 0 aliphatic carbocycles. The van der Waals surface area contributed by atoms with Gasteiger partial charge in [0.2, 0.25) is 5.91 Å². The first-order chi connectivity index (χ1) is 6.83. The molecule has 0 unspecified atom stereocenters. The fraction of sp³-hybridized carbons (Fsp3) is 0.333. The average Bonchev–Trinajstić information content (AvgIpc) is 2.50. The Morgan fingerprint density at radius 3 is 2.53 bits per heavy atom. The summed E-state index contributed by atoms with van der Waals surface area (Å²) in [5.74, 6) is -0.886. The van der Waals surface area contributed by atoms with Gasteiger partial charge in [0.15, 0.2) is 0 Å². The molecule has 0 radical (unpaired) electrons. The molecule has 0 bridgehead atoms. The van der Waals surface area contributed by atoms with Gasteiger partial charge in [0.1, 0.15) is 5.54 Å². The van der Waals surface area contributed by atoms with Crippen LogP contribution in [0.1, 0.15) is 23.5 Å². The lowest BCUT2D eigenvalue weighted by Gasteiger charge is -2.21. The number of hydrogen-bond donors (Lipinski definition) is 3. The van der Waals surface area contributed by atoms with Crippen molar-refractivity contribution in [3.63, 3.8) is 0 Å². The van der Waals surface area contributed by atoms with Crippen molar-refractivity contribution in [2.45, 2.75) is 24.3 Å². The molecule has 1 aromatic rings. The number of nitrogens with two attached hydrogens (primary N) is 1. The Kier molecular flexibility index (Phi) is 3.41. The van der Waals surface area contributed by atoms with Gasteiger partial charge in [0.25, 0.3) is 5.91 Å². The van der Waals surface area contributed by atoms with Gasteiger partial charge < -0.3 is 11.1 Å². The molecule has 4 nitrogen and oxygen atoms in total. The van der Waals surface area contributed by atoms with Crippen molar-refractivity contribution < 1.29 is 9.59 Å². The molecule has 82 valence electrons. The molecule has 0 atom stereocenters. The molecular formula is C9H12N2O2S2. The Morgan fingerprint density at radius 1 is 1.53 bits per heavy atom. The molecule has 1 aromatic heterocycles. The van der Waals surface area contributed by atoms with E-state index in [4.69, 9.17) is 5.73 Å². The topological polar surface area (TPSA) is 72.2 Å². The third-order valence-corrected chi connectivity index (χ3v) is 3.21. The normalized spacial score (nSPS) is 11.1. The van der Waals surface area contributed by atoms with E-state index in [-0.39, 0.29) is 5.91 Å². The lowest BCUT2D eigenvalue weighted by atomic mass is 10.1. The highest BCUT2D eigenvalue weighted by molar-refractivity contribution is 7.80. The Morgan fingerprint density at radius 2 is 2.13 bits per heavy atom. The van der Waals surface area contributed by atoms with Crippen molar-refractivity contribution in [2.24, 2.45) is 5.73 Å². The van der Waals surface area contributed by atoms with Crippen LogP contribution in [0.5, 0.6) is 0 Å².